The van der Waals surface area contributed by atoms with Crippen molar-refractivity contribution in [3.05, 3.63) is 35.5 Å². The Bertz CT molecular complexity index is 1020. The number of piperidine rings is 1. The normalized spacial score (nSPS) is 17.2. The van der Waals surface area contributed by atoms with Crippen LogP contribution in [0.15, 0.2) is 34.2 Å². The number of hydrogen-bond donors (Lipinski definition) is 1. The van der Waals surface area contributed by atoms with E-state index in [0.29, 0.717) is 25.6 Å². The number of nitrogens with zero attached hydrogens (tertiary/aromatic N) is 3. The quantitative estimate of drug-likeness (QED) is 0.735. The summed E-state index contributed by atoms with van der Waals surface area (Å²) in [4.78, 5) is 22.4. The molecule has 1 aliphatic rings. The zero-order chi connectivity index (χ0) is 21.2. The van der Waals surface area contributed by atoms with Gasteiger partial charge >= 0.3 is 5.97 Å². The lowest BCUT2D eigenvalue weighted by atomic mass is 9.98. The molecule has 0 amide bonds. The van der Waals surface area contributed by atoms with Crippen molar-refractivity contribution in [2.45, 2.75) is 43.4 Å². The average Bonchev–Trinajstić information content (AvgIpc) is 2.70. The summed E-state index contributed by atoms with van der Waals surface area (Å²) in [5.74, 6) is -0.284. The van der Waals surface area contributed by atoms with E-state index in [1.54, 1.807) is 25.1 Å². The number of anilines is 2. The molecule has 0 spiro atoms. The van der Waals surface area contributed by atoms with Crippen LogP contribution in [0.2, 0.25) is 0 Å². The number of esters is 1. The Morgan fingerprint density at radius 2 is 2.07 bits per heavy atom. The van der Waals surface area contributed by atoms with Crippen LogP contribution in [0.5, 0.6) is 0 Å². The fourth-order valence-corrected chi connectivity index (χ4v) is 4.70. The maximum absolute atomic E-state index is 13.0. The molecule has 2 heterocycles. The van der Waals surface area contributed by atoms with Gasteiger partial charge in [-0.1, -0.05) is 6.07 Å². The first kappa shape index (κ1) is 21.0. The van der Waals surface area contributed by atoms with Gasteiger partial charge in [0.05, 0.1) is 23.6 Å². The van der Waals surface area contributed by atoms with Gasteiger partial charge in [-0.15, -0.1) is 0 Å². The fourth-order valence-electron chi connectivity index (χ4n) is 3.35. The molecule has 0 aliphatic carbocycles. The van der Waals surface area contributed by atoms with Gasteiger partial charge < -0.3 is 15.4 Å². The lowest BCUT2D eigenvalue weighted by Crippen LogP contribution is -2.40. The van der Waals surface area contributed by atoms with Gasteiger partial charge in [0, 0.05) is 13.1 Å². The van der Waals surface area contributed by atoms with Gasteiger partial charge in [0.25, 0.3) is 0 Å². The van der Waals surface area contributed by atoms with E-state index in [2.05, 4.69) is 9.97 Å². The first-order valence-corrected chi connectivity index (χ1v) is 11.1. The highest BCUT2D eigenvalue weighted by Crippen LogP contribution is 2.28. The van der Waals surface area contributed by atoms with Crippen molar-refractivity contribution < 1.29 is 17.9 Å². The predicted octanol–water partition coefficient (Wildman–Crippen LogP) is 2.29. The van der Waals surface area contributed by atoms with Crippen molar-refractivity contribution in [1.82, 2.24) is 9.97 Å². The van der Waals surface area contributed by atoms with Crippen LogP contribution in [0.25, 0.3) is 0 Å². The van der Waals surface area contributed by atoms with Crippen LogP contribution in [0.1, 0.15) is 30.9 Å². The van der Waals surface area contributed by atoms with E-state index in [-0.39, 0.29) is 27.5 Å². The molecular weight excluding hydrogens is 392 g/mol. The summed E-state index contributed by atoms with van der Waals surface area (Å²) in [6.45, 7) is 6.97. The van der Waals surface area contributed by atoms with E-state index in [9.17, 15) is 13.2 Å². The third kappa shape index (κ3) is 4.34. The van der Waals surface area contributed by atoms with Crippen molar-refractivity contribution in [1.29, 1.82) is 0 Å². The molecule has 29 heavy (non-hydrogen) atoms. The monoisotopic (exact) mass is 418 g/mol. The van der Waals surface area contributed by atoms with E-state index < -0.39 is 9.84 Å². The predicted molar refractivity (Wildman–Crippen MR) is 109 cm³/mol. The molecule has 2 N–H and O–H groups in total. The number of nitrogen functional groups attached to an aromatic ring is 1. The second-order valence-electron chi connectivity index (χ2n) is 7.21. The summed E-state index contributed by atoms with van der Waals surface area (Å²) >= 11 is 0. The smallest absolute Gasteiger partial charge is 0.310 e. The minimum absolute atomic E-state index is 0.105. The van der Waals surface area contributed by atoms with Crippen molar-refractivity contribution in [3.8, 4) is 0 Å². The van der Waals surface area contributed by atoms with Gasteiger partial charge in [-0.05, 0) is 56.9 Å². The molecule has 9 heteroatoms. The molecule has 0 saturated carbocycles. The van der Waals surface area contributed by atoms with Crippen LogP contribution in [-0.4, -0.2) is 44.1 Å². The molecule has 1 saturated heterocycles. The SMILES string of the molecule is CCOC(=O)[C@H]1CCCN(c2ncc(S(=O)(=O)c3ccc(C)c(C)c3)c(N)n2)C1. The summed E-state index contributed by atoms with van der Waals surface area (Å²) < 4.78 is 31.1. The van der Waals surface area contributed by atoms with E-state index in [1.807, 2.05) is 18.7 Å². The van der Waals surface area contributed by atoms with Crippen LogP contribution >= 0.6 is 0 Å². The van der Waals surface area contributed by atoms with E-state index in [4.69, 9.17) is 10.5 Å². The number of hydrogen-bond acceptors (Lipinski definition) is 8. The first-order valence-electron chi connectivity index (χ1n) is 9.60. The number of nitrogens with two attached hydrogens (primary N) is 1. The second-order valence-corrected chi connectivity index (χ2v) is 9.12. The van der Waals surface area contributed by atoms with Gasteiger partial charge in [0.1, 0.15) is 10.7 Å². The Balaban J connectivity index is 1.86. The van der Waals surface area contributed by atoms with Crippen LogP contribution in [-0.2, 0) is 19.4 Å². The van der Waals surface area contributed by atoms with Gasteiger partial charge in [0.2, 0.25) is 15.8 Å². The Kier molecular flexibility index (Phi) is 6.07. The van der Waals surface area contributed by atoms with Crippen molar-refractivity contribution in [2.24, 2.45) is 5.92 Å². The van der Waals surface area contributed by atoms with Gasteiger partial charge in [0.15, 0.2) is 0 Å². The van der Waals surface area contributed by atoms with Crippen LogP contribution in [0.3, 0.4) is 0 Å². The summed E-state index contributed by atoms with van der Waals surface area (Å²) in [7, 11) is -3.83. The zero-order valence-electron chi connectivity index (χ0n) is 16.9. The van der Waals surface area contributed by atoms with Gasteiger partial charge in [-0.2, -0.15) is 4.98 Å². The minimum Gasteiger partial charge on any atom is -0.466 e. The Morgan fingerprint density at radius 3 is 2.72 bits per heavy atom. The summed E-state index contributed by atoms with van der Waals surface area (Å²) in [6, 6.07) is 4.93. The number of sulfone groups is 1. The highest BCUT2D eigenvalue weighted by atomic mass is 32.2. The summed E-state index contributed by atoms with van der Waals surface area (Å²) in [6.07, 6.45) is 2.77. The Morgan fingerprint density at radius 1 is 1.31 bits per heavy atom. The molecule has 1 aromatic carbocycles. The van der Waals surface area contributed by atoms with Crippen molar-refractivity contribution in [2.75, 3.05) is 30.3 Å². The van der Waals surface area contributed by atoms with Crippen molar-refractivity contribution >= 4 is 27.6 Å². The second kappa shape index (κ2) is 8.36. The lowest BCUT2D eigenvalue weighted by Gasteiger charge is -2.31. The molecule has 1 aromatic heterocycles. The third-order valence-electron chi connectivity index (χ3n) is 5.17. The van der Waals surface area contributed by atoms with E-state index >= 15 is 0 Å². The number of aryl methyl sites for hydroxylation is 2. The number of carbonyl (C=O) groups is 1. The number of benzene rings is 1. The molecule has 0 unspecified atom stereocenters. The van der Waals surface area contributed by atoms with Gasteiger partial charge in [-0.25, -0.2) is 13.4 Å². The molecule has 3 rings (SSSR count). The lowest BCUT2D eigenvalue weighted by molar-refractivity contribution is -0.148. The molecule has 1 fully saturated rings. The molecule has 0 radical (unpaired) electrons. The van der Waals surface area contributed by atoms with Crippen LogP contribution in [0, 0.1) is 19.8 Å². The standard InChI is InChI=1S/C20H26N4O4S/c1-4-28-19(25)15-6-5-9-24(12-15)20-22-11-17(18(21)23-20)29(26,27)16-8-7-13(2)14(3)10-16/h7-8,10-11,15H,4-6,9,12H2,1-3H3,(H2,21,22,23)/t15-/m0/s1. The zero-order valence-corrected chi connectivity index (χ0v) is 17.7. The number of carbonyl (C=O) groups excluding carboxylic acids is 1. The number of ether oxygens (including phenoxy) is 1. The topological polar surface area (TPSA) is 115 Å². The van der Waals surface area contributed by atoms with E-state index in [0.717, 1.165) is 24.0 Å². The third-order valence-corrected chi connectivity index (χ3v) is 6.94. The Hall–Kier alpha value is -2.68. The highest BCUT2D eigenvalue weighted by molar-refractivity contribution is 7.91. The first-order chi connectivity index (χ1) is 13.7. The van der Waals surface area contributed by atoms with Gasteiger partial charge in [-0.3, -0.25) is 4.79 Å². The minimum atomic E-state index is -3.83. The molecule has 2 aromatic rings. The van der Waals surface area contributed by atoms with Crippen LogP contribution < -0.4 is 10.6 Å². The van der Waals surface area contributed by atoms with Crippen molar-refractivity contribution in [3.63, 3.8) is 0 Å². The van der Waals surface area contributed by atoms with E-state index in [1.165, 1.54) is 6.20 Å². The molecular formula is C20H26N4O4S. The molecule has 1 aliphatic heterocycles. The largest absolute Gasteiger partial charge is 0.466 e. The molecule has 0 bridgehead atoms. The summed E-state index contributed by atoms with van der Waals surface area (Å²) in [5, 5.41) is 0. The average molecular weight is 419 g/mol. The molecule has 8 nitrogen and oxygen atoms in total. The number of aromatic nitrogens is 2. The number of rotatable bonds is 5. The maximum Gasteiger partial charge on any atom is 0.310 e. The Labute approximate surface area is 171 Å². The molecule has 156 valence electrons. The molecule has 1 atom stereocenters. The highest BCUT2D eigenvalue weighted by Gasteiger charge is 2.29. The van der Waals surface area contributed by atoms with Crippen LogP contribution in [0.4, 0.5) is 11.8 Å². The summed E-state index contributed by atoms with van der Waals surface area (Å²) in [5.41, 5.74) is 7.89. The fraction of sp³-hybridized carbons (Fsp3) is 0.450. The maximum atomic E-state index is 13.0.